The molecule has 0 unspecified atom stereocenters. The van der Waals surface area contributed by atoms with Crippen molar-refractivity contribution in [1.29, 1.82) is 0 Å². The van der Waals surface area contributed by atoms with Crippen LogP contribution in [0.4, 0.5) is 0 Å². The summed E-state index contributed by atoms with van der Waals surface area (Å²) in [5, 5.41) is 10.8. The molecule has 0 bridgehead atoms. The van der Waals surface area contributed by atoms with Crippen LogP contribution in [0.5, 0.6) is 0 Å². The van der Waals surface area contributed by atoms with Gasteiger partial charge in [0.15, 0.2) is 0 Å². The van der Waals surface area contributed by atoms with Crippen molar-refractivity contribution >= 4 is 23.2 Å². The molecule has 0 saturated heterocycles. The third kappa shape index (κ3) is 1.63. The standard InChI is InChI=1S/C10H11Cl2NO/c11-6-3-5-1-2-8(14)10(13)9(5)7(12)4-6/h3-4,8,10,14H,1-2,13H2/t8-,10+/m1/s1. The maximum atomic E-state index is 9.60. The van der Waals surface area contributed by atoms with Gasteiger partial charge in [-0.1, -0.05) is 23.2 Å². The van der Waals surface area contributed by atoms with Crippen molar-refractivity contribution in [1.82, 2.24) is 0 Å². The fraction of sp³-hybridized carbons (Fsp3) is 0.400. The first-order valence-electron chi connectivity index (χ1n) is 4.51. The third-order valence-electron chi connectivity index (χ3n) is 2.64. The summed E-state index contributed by atoms with van der Waals surface area (Å²) >= 11 is 11.9. The molecule has 3 N–H and O–H groups in total. The third-order valence-corrected chi connectivity index (χ3v) is 3.17. The molecule has 1 aromatic carbocycles. The van der Waals surface area contributed by atoms with Crippen LogP contribution in [0.15, 0.2) is 12.1 Å². The van der Waals surface area contributed by atoms with Gasteiger partial charge in [-0.3, -0.25) is 0 Å². The van der Waals surface area contributed by atoms with Gasteiger partial charge in [-0.25, -0.2) is 0 Å². The van der Waals surface area contributed by atoms with Gasteiger partial charge in [0, 0.05) is 10.0 Å². The molecule has 0 amide bonds. The highest BCUT2D eigenvalue weighted by atomic mass is 35.5. The Morgan fingerprint density at radius 3 is 2.79 bits per heavy atom. The Hall–Kier alpha value is -0.280. The molecular weight excluding hydrogens is 221 g/mol. The zero-order valence-corrected chi connectivity index (χ0v) is 9.02. The van der Waals surface area contributed by atoms with Crippen LogP contribution in [0.25, 0.3) is 0 Å². The van der Waals surface area contributed by atoms with Gasteiger partial charge < -0.3 is 10.8 Å². The Balaban J connectivity index is 2.54. The lowest BCUT2D eigenvalue weighted by Gasteiger charge is -2.28. The molecule has 0 aliphatic heterocycles. The quantitative estimate of drug-likeness (QED) is 0.720. The van der Waals surface area contributed by atoms with Crippen molar-refractivity contribution < 1.29 is 5.11 Å². The molecule has 76 valence electrons. The van der Waals surface area contributed by atoms with Gasteiger partial charge in [0.1, 0.15) is 0 Å². The number of nitrogens with two attached hydrogens (primary N) is 1. The summed E-state index contributed by atoms with van der Waals surface area (Å²) in [5.41, 5.74) is 7.76. The van der Waals surface area contributed by atoms with Crippen LogP contribution in [0.3, 0.4) is 0 Å². The molecule has 1 aliphatic carbocycles. The number of benzene rings is 1. The molecule has 2 rings (SSSR count). The fourth-order valence-electron chi connectivity index (χ4n) is 1.89. The molecule has 1 aliphatic rings. The lowest BCUT2D eigenvalue weighted by Crippen LogP contribution is -2.31. The summed E-state index contributed by atoms with van der Waals surface area (Å²) < 4.78 is 0. The normalized spacial score (nSPS) is 26.0. The SMILES string of the molecule is N[C@@H]1c2c(Cl)cc(Cl)cc2CC[C@H]1O. The van der Waals surface area contributed by atoms with Crippen molar-refractivity contribution in [3.63, 3.8) is 0 Å². The maximum Gasteiger partial charge on any atom is 0.0736 e. The van der Waals surface area contributed by atoms with Crippen LogP contribution < -0.4 is 5.73 Å². The first kappa shape index (κ1) is 10.2. The molecule has 4 heteroatoms. The summed E-state index contributed by atoms with van der Waals surface area (Å²) in [5.74, 6) is 0. The molecule has 2 nitrogen and oxygen atoms in total. The average Bonchev–Trinajstić information content (AvgIpc) is 2.10. The summed E-state index contributed by atoms with van der Waals surface area (Å²) in [7, 11) is 0. The molecule has 1 aromatic rings. The van der Waals surface area contributed by atoms with E-state index >= 15 is 0 Å². The summed E-state index contributed by atoms with van der Waals surface area (Å²) in [6.45, 7) is 0. The second-order valence-corrected chi connectivity index (χ2v) is 4.44. The number of hydrogen-bond donors (Lipinski definition) is 2. The van der Waals surface area contributed by atoms with Crippen LogP contribution in [-0.4, -0.2) is 11.2 Å². The molecule has 2 atom stereocenters. The van der Waals surface area contributed by atoms with Crippen LogP contribution in [0, 0.1) is 0 Å². The minimum absolute atomic E-state index is 0.386. The van der Waals surface area contributed by atoms with Crippen LogP contribution >= 0.6 is 23.2 Å². The number of aryl methyl sites for hydroxylation is 1. The van der Waals surface area contributed by atoms with E-state index in [-0.39, 0.29) is 6.04 Å². The number of rotatable bonds is 0. The fourth-order valence-corrected chi connectivity index (χ4v) is 2.56. The molecule has 0 aromatic heterocycles. The largest absolute Gasteiger partial charge is 0.391 e. The molecule has 0 radical (unpaired) electrons. The smallest absolute Gasteiger partial charge is 0.0736 e. The zero-order valence-electron chi connectivity index (χ0n) is 7.50. The Kier molecular flexibility index (Phi) is 2.71. The van der Waals surface area contributed by atoms with E-state index in [0.29, 0.717) is 16.5 Å². The van der Waals surface area contributed by atoms with E-state index in [0.717, 1.165) is 17.5 Å². The van der Waals surface area contributed by atoms with Crippen molar-refractivity contribution in [3.05, 3.63) is 33.3 Å². The molecular formula is C10H11Cl2NO. The predicted octanol–water partition coefficient (Wildman–Crippen LogP) is 2.30. The van der Waals surface area contributed by atoms with E-state index in [1.54, 1.807) is 6.07 Å². The molecule has 0 saturated carbocycles. The van der Waals surface area contributed by atoms with E-state index in [1.165, 1.54) is 0 Å². The number of hydrogen-bond acceptors (Lipinski definition) is 2. The van der Waals surface area contributed by atoms with Gasteiger partial charge >= 0.3 is 0 Å². The Morgan fingerprint density at radius 2 is 2.07 bits per heavy atom. The molecule has 0 heterocycles. The zero-order chi connectivity index (χ0) is 10.3. The topological polar surface area (TPSA) is 46.2 Å². The van der Waals surface area contributed by atoms with Gasteiger partial charge in [0.05, 0.1) is 12.1 Å². The van der Waals surface area contributed by atoms with Crippen molar-refractivity contribution in [2.45, 2.75) is 25.0 Å². The monoisotopic (exact) mass is 231 g/mol. The van der Waals surface area contributed by atoms with E-state index in [2.05, 4.69) is 0 Å². The highest BCUT2D eigenvalue weighted by Gasteiger charge is 2.27. The van der Waals surface area contributed by atoms with E-state index < -0.39 is 6.10 Å². The second kappa shape index (κ2) is 3.70. The first-order chi connectivity index (χ1) is 6.59. The maximum absolute atomic E-state index is 9.60. The lowest BCUT2D eigenvalue weighted by atomic mass is 9.86. The molecule has 14 heavy (non-hydrogen) atoms. The summed E-state index contributed by atoms with van der Waals surface area (Å²) in [6.07, 6.45) is 0.955. The molecule has 0 fully saturated rings. The van der Waals surface area contributed by atoms with Crippen molar-refractivity contribution in [2.24, 2.45) is 5.73 Å². The van der Waals surface area contributed by atoms with E-state index in [4.69, 9.17) is 28.9 Å². The van der Waals surface area contributed by atoms with Crippen LogP contribution in [-0.2, 0) is 6.42 Å². The lowest BCUT2D eigenvalue weighted by molar-refractivity contribution is 0.128. The van der Waals surface area contributed by atoms with Gasteiger partial charge in [0.2, 0.25) is 0 Å². The number of aliphatic hydroxyl groups is 1. The number of halogens is 2. The van der Waals surface area contributed by atoms with Gasteiger partial charge in [0.25, 0.3) is 0 Å². The van der Waals surface area contributed by atoms with E-state index in [1.807, 2.05) is 6.07 Å². The van der Waals surface area contributed by atoms with Gasteiger partial charge in [-0.15, -0.1) is 0 Å². The number of aliphatic hydroxyl groups excluding tert-OH is 1. The number of fused-ring (bicyclic) bond motifs is 1. The summed E-state index contributed by atoms with van der Waals surface area (Å²) in [6, 6.07) is 3.15. The minimum atomic E-state index is -0.499. The average molecular weight is 232 g/mol. The highest BCUT2D eigenvalue weighted by Crippen LogP contribution is 2.35. The van der Waals surface area contributed by atoms with Crippen molar-refractivity contribution in [3.8, 4) is 0 Å². The van der Waals surface area contributed by atoms with Gasteiger partial charge in [-0.2, -0.15) is 0 Å². The molecule has 0 spiro atoms. The van der Waals surface area contributed by atoms with Crippen LogP contribution in [0.2, 0.25) is 10.0 Å². The first-order valence-corrected chi connectivity index (χ1v) is 5.26. The Bertz CT molecular complexity index is 367. The Labute approximate surface area is 92.6 Å². The second-order valence-electron chi connectivity index (χ2n) is 3.59. The minimum Gasteiger partial charge on any atom is -0.391 e. The van der Waals surface area contributed by atoms with Crippen molar-refractivity contribution in [2.75, 3.05) is 0 Å². The van der Waals surface area contributed by atoms with E-state index in [9.17, 15) is 5.11 Å². The summed E-state index contributed by atoms with van der Waals surface area (Å²) in [4.78, 5) is 0. The van der Waals surface area contributed by atoms with Crippen LogP contribution in [0.1, 0.15) is 23.6 Å². The Morgan fingerprint density at radius 1 is 1.36 bits per heavy atom. The highest BCUT2D eigenvalue weighted by molar-refractivity contribution is 6.35. The predicted molar refractivity (Wildman–Crippen MR) is 57.7 cm³/mol. The van der Waals surface area contributed by atoms with Gasteiger partial charge in [-0.05, 0) is 36.1 Å².